The van der Waals surface area contributed by atoms with Gasteiger partial charge in [-0.05, 0) is 36.2 Å². The van der Waals surface area contributed by atoms with Crippen LogP contribution in [-0.4, -0.2) is 54.3 Å². The number of amides is 1. The lowest BCUT2D eigenvalue weighted by Crippen LogP contribution is -2.41. The summed E-state index contributed by atoms with van der Waals surface area (Å²) in [5, 5.41) is 2.83. The summed E-state index contributed by atoms with van der Waals surface area (Å²) in [6, 6.07) is 10.5. The number of aryl methyl sites for hydroxylation is 1. The average molecular weight is 429 g/mol. The van der Waals surface area contributed by atoms with Crippen LogP contribution in [0.1, 0.15) is 28.5 Å². The predicted octanol–water partition coefficient (Wildman–Crippen LogP) is 1.85. The van der Waals surface area contributed by atoms with Gasteiger partial charge in [0.05, 0.1) is 30.3 Å². The van der Waals surface area contributed by atoms with Crippen LogP contribution in [0.5, 0.6) is 0 Å². The Balaban J connectivity index is 1.54. The van der Waals surface area contributed by atoms with Gasteiger partial charge in [-0.15, -0.1) is 0 Å². The summed E-state index contributed by atoms with van der Waals surface area (Å²) >= 11 is 0. The van der Waals surface area contributed by atoms with Gasteiger partial charge < -0.3 is 14.5 Å². The summed E-state index contributed by atoms with van der Waals surface area (Å²) in [5.41, 5.74) is 2.52. The second-order valence-corrected chi connectivity index (χ2v) is 8.98. The molecular formula is C21H24N4O4S. The first-order chi connectivity index (χ1) is 14.5. The second-order valence-electron chi connectivity index (χ2n) is 7.07. The second kappa shape index (κ2) is 8.55. The molecule has 9 heteroatoms. The first-order valence-corrected chi connectivity index (χ1v) is 11.3. The molecule has 0 unspecified atom stereocenters. The number of benzene rings is 1. The SMILES string of the molecule is CCc1ccc(C(=O)NCc2cn3ccccc3n2)cc1S(=O)(=O)N1CCOCC1. The van der Waals surface area contributed by atoms with Gasteiger partial charge in [0.1, 0.15) is 5.65 Å². The Bertz CT molecular complexity index is 1130. The highest BCUT2D eigenvalue weighted by molar-refractivity contribution is 7.89. The molecule has 2 aromatic heterocycles. The third kappa shape index (κ3) is 4.09. The molecule has 158 valence electrons. The van der Waals surface area contributed by atoms with Gasteiger partial charge in [-0.3, -0.25) is 4.79 Å². The predicted molar refractivity (Wildman–Crippen MR) is 112 cm³/mol. The Kier molecular flexibility index (Phi) is 5.85. The number of hydrogen-bond acceptors (Lipinski definition) is 5. The van der Waals surface area contributed by atoms with Gasteiger partial charge in [0, 0.05) is 31.0 Å². The fourth-order valence-corrected chi connectivity index (χ4v) is 5.23. The van der Waals surface area contributed by atoms with Crippen molar-refractivity contribution in [1.29, 1.82) is 0 Å². The van der Waals surface area contributed by atoms with E-state index in [1.807, 2.05) is 41.9 Å². The summed E-state index contributed by atoms with van der Waals surface area (Å²) in [6.45, 7) is 3.53. The minimum Gasteiger partial charge on any atom is -0.379 e. The van der Waals surface area contributed by atoms with Crippen molar-refractivity contribution in [1.82, 2.24) is 19.0 Å². The number of morpholine rings is 1. The van der Waals surface area contributed by atoms with Crippen molar-refractivity contribution >= 4 is 21.6 Å². The van der Waals surface area contributed by atoms with Crippen LogP contribution in [0.4, 0.5) is 0 Å². The Morgan fingerprint density at radius 1 is 1.20 bits per heavy atom. The Hall–Kier alpha value is -2.75. The zero-order valence-electron chi connectivity index (χ0n) is 16.7. The van der Waals surface area contributed by atoms with Crippen molar-refractivity contribution < 1.29 is 17.9 Å². The Morgan fingerprint density at radius 3 is 2.73 bits per heavy atom. The van der Waals surface area contributed by atoms with Gasteiger partial charge in [-0.25, -0.2) is 13.4 Å². The van der Waals surface area contributed by atoms with E-state index < -0.39 is 10.0 Å². The molecule has 8 nitrogen and oxygen atoms in total. The highest BCUT2D eigenvalue weighted by Crippen LogP contribution is 2.23. The lowest BCUT2D eigenvalue weighted by atomic mass is 10.1. The summed E-state index contributed by atoms with van der Waals surface area (Å²) in [6.07, 6.45) is 4.30. The monoisotopic (exact) mass is 428 g/mol. The maximum Gasteiger partial charge on any atom is 0.251 e. The minimum absolute atomic E-state index is 0.187. The fourth-order valence-electron chi connectivity index (χ4n) is 3.50. The van der Waals surface area contributed by atoms with Gasteiger partial charge in [-0.2, -0.15) is 4.31 Å². The number of nitrogens with one attached hydrogen (secondary N) is 1. The van der Waals surface area contributed by atoms with Crippen LogP contribution < -0.4 is 5.32 Å². The zero-order valence-corrected chi connectivity index (χ0v) is 17.6. The van der Waals surface area contributed by atoms with Gasteiger partial charge in [0.25, 0.3) is 5.91 Å². The van der Waals surface area contributed by atoms with Crippen molar-refractivity contribution in [3.63, 3.8) is 0 Å². The number of fused-ring (bicyclic) bond motifs is 1. The lowest BCUT2D eigenvalue weighted by Gasteiger charge is -2.27. The molecule has 0 spiro atoms. The lowest BCUT2D eigenvalue weighted by molar-refractivity contribution is 0.0730. The quantitative estimate of drug-likeness (QED) is 0.647. The first-order valence-electron chi connectivity index (χ1n) is 9.90. The third-order valence-corrected chi connectivity index (χ3v) is 7.12. The summed E-state index contributed by atoms with van der Waals surface area (Å²) < 4.78 is 34.9. The van der Waals surface area contributed by atoms with Crippen molar-refractivity contribution in [2.45, 2.75) is 24.8 Å². The zero-order chi connectivity index (χ0) is 21.1. The number of hydrogen-bond donors (Lipinski definition) is 1. The molecule has 0 atom stereocenters. The molecule has 1 aliphatic rings. The number of sulfonamides is 1. The van der Waals surface area contributed by atoms with Gasteiger partial charge in [0.15, 0.2) is 0 Å². The number of rotatable bonds is 6. The number of nitrogens with zero attached hydrogens (tertiary/aromatic N) is 3. The number of ether oxygens (including phenoxy) is 1. The van der Waals surface area contributed by atoms with E-state index in [2.05, 4.69) is 10.3 Å². The number of carbonyl (C=O) groups is 1. The molecule has 1 fully saturated rings. The van der Waals surface area contributed by atoms with E-state index in [1.165, 1.54) is 10.4 Å². The third-order valence-electron chi connectivity index (χ3n) is 5.14. The van der Waals surface area contributed by atoms with E-state index in [4.69, 9.17) is 4.74 Å². The van der Waals surface area contributed by atoms with Crippen LogP contribution in [0.25, 0.3) is 5.65 Å². The smallest absolute Gasteiger partial charge is 0.251 e. The fraction of sp³-hybridized carbons (Fsp3) is 0.333. The number of aromatic nitrogens is 2. The molecule has 1 aromatic carbocycles. The maximum absolute atomic E-state index is 13.1. The molecule has 30 heavy (non-hydrogen) atoms. The van der Waals surface area contributed by atoms with Crippen LogP contribution >= 0.6 is 0 Å². The number of carbonyl (C=O) groups excluding carboxylic acids is 1. The number of pyridine rings is 1. The van der Waals surface area contributed by atoms with E-state index >= 15 is 0 Å². The van der Waals surface area contributed by atoms with E-state index in [0.717, 1.165) is 11.3 Å². The van der Waals surface area contributed by atoms with Crippen LogP contribution in [-0.2, 0) is 27.7 Å². The molecule has 3 aromatic rings. The van der Waals surface area contributed by atoms with Crippen LogP contribution in [0.3, 0.4) is 0 Å². The molecule has 0 bridgehead atoms. The van der Waals surface area contributed by atoms with Crippen molar-refractivity contribution in [3.05, 3.63) is 65.6 Å². The molecule has 1 aliphatic heterocycles. The summed E-state index contributed by atoms with van der Waals surface area (Å²) in [7, 11) is -3.69. The topological polar surface area (TPSA) is 93.0 Å². The molecule has 4 rings (SSSR count). The molecule has 0 aliphatic carbocycles. The van der Waals surface area contributed by atoms with E-state index in [1.54, 1.807) is 12.1 Å². The standard InChI is InChI=1S/C21H24N4O4S/c1-2-16-6-7-17(13-19(16)30(27,28)25-9-11-29-12-10-25)21(26)22-14-18-15-24-8-4-3-5-20(24)23-18/h3-8,13,15H,2,9-12,14H2,1H3,(H,22,26). The van der Waals surface area contributed by atoms with Crippen LogP contribution in [0.15, 0.2) is 53.7 Å². The first kappa shape index (κ1) is 20.5. The molecule has 1 amide bonds. The molecular weight excluding hydrogens is 404 g/mol. The normalized spacial score (nSPS) is 15.4. The van der Waals surface area contributed by atoms with E-state index in [0.29, 0.717) is 43.9 Å². The maximum atomic E-state index is 13.1. The molecule has 3 heterocycles. The Morgan fingerprint density at radius 2 is 2.00 bits per heavy atom. The van der Waals surface area contributed by atoms with Crippen molar-refractivity contribution in [3.8, 4) is 0 Å². The van der Waals surface area contributed by atoms with Gasteiger partial charge in [0.2, 0.25) is 10.0 Å². The van der Waals surface area contributed by atoms with E-state index in [9.17, 15) is 13.2 Å². The highest BCUT2D eigenvalue weighted by Gasteiger charge is 2.29. The van der Waals surface area contributed by atoms with E-state index in [-0.39, 0.29) is 17.3 Å². The minimum atomic E-state index is -3.69. The largest absolute Gasteiger partial charge is 0.379 e. The molecule has 1 saturated heterocycles. The van der Waals surface area contributed by atoms with Crippen LogP contribution in [0.2, 0.25) is 0 Å². The Labute approximate surface area is 175 Å². The van der Waals surface area contributed by atoms with Crippen molar-refractivity contribution in [2.24, 2.45) is 0 Å². The summed E-state index contributed by atoms with van der Waals surface area (Å²) in [4.78, 5) is 17.4. The highest BCUT2D eigenvalue weighted by atomic mass is 32.2. The molecule has 1 N–H and O–H groups in total. The molecule has 0 radical (unpaired) electrons. The van der Waals surface area contributed by atoms with Crippen molar-refractivity contribution in [2.75, 3.05) is 26.3 Å². The molecule has 0 saturated carbocycles. The summed E-state index contributed by atoms with van der Waals surface area (Å²) in [5.74, 6) is -0.340. The average Bonchev–Trinajstić information content (AvgIpc) is 3.20. The van der Waals surface area contributed by atoms with Crippen LogP contribution in [0, 0.1) is 0 Å². The van der Waals surface area contributed by atoms with Gasteiger partial charge >= 0.3 is 0 Å². The number of imidazole rings is 1. The van der Waals surface area contributed by atoms with Gasteiger partial charge in [-0.1, -0.05) is 19.1 Å².